The Labute approximate surface area is 199 Å². The number of ether oxygens (including phenoxy) is 1. The van der Waals surface area contributed by atoms with E-state index in [9.17, 15) is 9.59 Å². The smallest absolute Gasteiger partial charge is 0.328 e. The minimum Gasteiger partial charge on any atom is -0.464 e. The Hall–Kier alpha value is -3.26. The molecule has 0 saturated carbocycles. The summed E-state index contributed by atoms with van der Waals surface area (Å²) in [7, 11) is 0. The van der Waals surface area contributed by atoms with Gasteiger partial charge < -0.3 is 9.30 Å². The van der Waals surface area contributed by atoms with E-state index in [1.165, 1.54) is 4.68 Å². The minimum atomic E-state index is -0.495. The maximum Gasteiger partial charge on any atom is 0.328 e. The highest BCUT2D eigenvalue weighted by molar-refractivity contribution is 9.10. The summed E-state index contributed by atoms with van der Waals surface area (Å²) < 4.78 is 9.24. The summed E-state index contributed by atoms with van der Waals surface area (Å²) in [5.74, 6) is 0.270. The first kappa shape index (κ1) is 22.9. The number of para-hydroxylation sites is 1. The summed E-state index contributed by atoms with van der Waals surface area (Å²) in [6.45, 7) is 7.87. The Morgan fingerprint density at radius 2 is 1.94 bits per heavy atom. The van der Waals surface area contributed by atoms with Crippen LogP contribution in [0.4, 0.5) is 0 Å². The molecule has 0 aliphatic rings. The number of halogens is 1. The van der Waals surface area contributed by atoms with E-state index in [0.717, 1.165) is 20.9 Å². The van der Waals surface area contributed by atoms with Gasteiger partial charge in [0.1, 0.15) is 11.9 Å². The van der Waals surface area contributed by atoms with Gasteiger partial charge in [-0.1, -0.05) is 48.0 Å². The molecular weight excluding hydrogens is 484 g/mol. The molecular formula is C25H25BrN4O3. The molecule has 7 nitrogen and oxygen atoms in total. The number of rotatable bonds is 6. The number of nitrogens with zero attached hydrogens (tertiary/aromatic N) is 4. The van der Waals surface area contributed by atoms with Gasteiger partial charge in [-0.15, -0.1) is 0 Å². The van der Waals surface area contributed by atoms with Gasteiger partial charge in [0, 0.05) is 33.1 Å². The number of carbonyl (C=O) groups excluding carboxylic acids is 1. The van der Waals surface area contributed by atoms with Crippen LogP contribution in [0.15, 0.2) is 63.0 Å². The molecule has 0 radical (unpaired) electrons. The minimum absolute atomic E-state index is 0.00641. The van der Waals surface area contributed by atoms with Crippen molar-refractivity contribution in [1.82, 2.24) is 14.2 Å². The highest BCUT2D eigenvalue weighted by Crippen LogP contribution is 2.25. The maximum absolute atomic E-state index is 13.3. The van der Waals surface area contributed by atoms with Crippen molar-refractivity contribution in [3.8, 4) is 0 Å². The Morgan fingerprint density at radius 3 is 2.67 bits per heavy atom. The second-order valence-corrected chi connectivity index (χ2v) is 9.00. The molecule has 0 N–H and O–H groups in total. The molecule has 2 aromatic carbocycles. The average Bonchev–Trinajstić information content (AvgIpc) is 3.17. The molecule has 0 spiro atoms. The van der Waals surface area contributed by atoms with E-state index in [1.807, 2.05) is 61.0 Å². The van der Waals surface area contributed by atoms with Gasteiger partial charge in [0.25, 0.3) is 5.56 Å². The number of hydrogen-bond donors (Lipinski definition) is 0. The zero-order valence-electron chi connectivity index (χ0n) is 18.9. The fraction of sp³-hybridized carbons (Fsp3) is 0.280. The normalized spacial score (nSPS) is 12.8. The van der Waals surface area contributed by atoms with Gasteiger partial charge in [0.2, 0.25) is 0 Å². The molecule has 2 aromatic heterocycles. The van der Waals surface area contributed by atoms with Gasteiger partial charge in [-0.05, 0) is 38.1 Å². The van der Waals surface area contributed by atoms with Crippen LogP contribution >= 0.6 is 15.9 Å². The second kappa shape index (κ2) is 9.31. The Balaban J connectivity index is 1.85. The van der Waals surface area contributed by atoms with Crippen molar-refractivity contribution in [3.05, 3.63) is 74.9 Å². The maximum atomic E-state index is 13.3. The van der Waals surface area contributed by atoms with Crippen LogP contribution in [0.25, 0.3) is 21.8 Å². The third-order valence-electron chi connectivity index (χ3n) is 5.48. The molecule has 0 unspecified atom stereocenters. The van der Waals surface area contributed by atoms with E-state index >= 15 is 0 Å². The Morgan fingerprint density at radius 1 is 1.18 bits per heavy atom. The molecule has 0 fully saturated rings. The largest absolute Gasteiger partial charge is 0.464 e. The van der Waals surface area contributed by atoms with Crippen molar-refractivity contribution in [3.63, 3.8) is 0 Å². The van der Waals surface area contributed by atoms with Crippen LogP contribution in [-0.4, -0.2) is 33.0 Å². The Bertz CT molecular complexity index is 1440. The fourth-order valence-electron chi connectivity index (χ4n) is 3.80. The molecule has 0 saturated heterocycles. The van der Waals surface area contributed by atoms with Crippen molar-refractivity contribution < 1.29 is 9.53 Å². The zero-order chi connectivity index (χ0) is 23.7. The third kappa shape index (κ3) is 4.35. The van der Waals surface area contributed by atoms with Gasteiger partial charge in [0.15, 0.2) is 0 Å². The van der Waals surface area contributed by atoms with E-state index < -0.39 is 6.04 Å². The van der Waals surface area contributed by atoms with E-state index in [0.29, 0.717) is 23.3 Å². The zero-order valence-corrected chi connectivity index (χ0v) is 20.5. The summed E-state index contributed by atoms with van der Waals surface area (Å²) in [6.07, 6.45) is 3.51. The number of benzene rings is 2. The number of carbonyl (C=O) groups is 1. The lowest BCUT2D eigenvalue weighted by molar-refractivity contribution is -0.146. The number of hydrogen-bond acceptors (Lipinski definition) is 5. The molecule has 0 amide bonds. The van der Waals surface area contributed by atoms with Crippen LogP contribution in [0.2, 0.25) is 0 Å². The molecule has 2 heterocycles. The molecule has 1 atom stereocenters. The topological polar surface area (TPSA) is 78.5 Å². The third-order valence-corrected chi connectivity index (χ3v) is 5.97. The SMILES string of the molecule is CCOC(=O)[C@H](C)n1cc(C=Nn2c(C(C)C)nc3ccc(Br)cc3c2=O)c2ccccc21. The van der Waals surface area contributed by atoms with E-state index in [4.69, 9.17) is 9.72 Å². The van der Waals surface area contributed by atoms with Gasteiger partial charge in [0.05, 0.1) is 23.7 Å². The second-order valence-electron chi connectivity index (χ2n) is 8.08. The van der Waals surface area contributed by atoms with Gasteiger partial charge in [-0.2, -0.15) is 9.78 Å². The number of fused-ring (bicyclic) bond motifs is 2. The molecule has 8 heteroatoms. The van der Waals surface area contributed by atoms with Crippen molar-refractivity contribution >= 4 is 49.9 Å². The van der Waals surface area contributed by atoms with Crippen LogP contribution in [0.3, 0.4) is 0 Å². The van der Waals surface area contributed by atoms with Gasteiger partial charge >= 0.3 is 5.97 Å². The molecule has 33 heavy (non-hydrogen) atoms. The fourth-order valence-corrected chi connectivity index (χ4v) is 4.16. The number of aromatic nitrogens is 3. The molecule has 170 valence electrons. The van der Waals surface area contributed by atoms with E-state index in [-0.39, 0.29) is 17.4 Å². The highest BCUT2D eigenvalue weighted by Gasteiger charge is 2.20. The lowest BCUT2D eigenvalue weighted by Crippen LogP contribution is -2.23. The standard InChI is InChI=1S/C25H25BrN4O3/c1-5-33-25(32)16(4)29-14-17(19-8-6-7-9-22(19)29)13-27-30-23(15(2)3)28-21-11-10-18(26)12-20(21)24(30)31/h6-16H,5H2,1-4H3/t16-/m0/s1. The first-order valence-electron chi connectivity index (χ1n) is 10.8. The van der Waals surface area contributed by atoms with Gasteiger partial charge in [-0.3, -0.25) is 4.79 Å². The molecule has 0 bridgehead atoms. The lowest BCUT2D eigenvalue weighted by Gasteiger charge is -2.13. The summed E-state index contributed by atoms with van der Waals surface area (Å²) >= 11 is 3.43. The number of esters is 1. The van der Waals surface area contributed by atoms with Crippen LogP contribution in [0, 0.1) is 0 Å². The predicted octanol–water partition coefficient (Wildman–Crippen LogP) is 5.24. The van der Waals surface area contributed by atoms with Crippen LogP contribution in [-0.2, 0) is 9.53 Å². The highest BCUT2D eigenvalue weighted by atomic mass is 79.9. The van der Waals surface area contributed by atoms with Crippen LogP contribution in [0.1, 0.15) is 51.0 Å². The van der Waals surface area contributed by atoms with Crippen molar-refractivity contribution in [1.29, 1.82) is 0 Å². The summed E-state index contributed by atoms with van der Waals surface area (Å²) in [4.78, 5) is 30.3. The summed E-state index contributed by atoms with van der Waals surface area (Å²) in [5, 5.41) is 5.97. The predicted molar refractivity (Wildman–Crippen MR) is 134 cm³/mol. The lowest BCUT2D eigenvalue weighted by atomic mass is 10.2. The monoisotopic (exact) mass is 508 g/mol. The molecule has 0 aliphatic carbocycles. The van der Waals surface area contributed by atoms with Crippen molar-refractivity contribution in [2.45, 2.75) is 39.7 Å². The van der Waals surface area contributed by atoms with E-state index in [2.05, 4.69) is 21.0 Å². The van der Waals surface area contributed by atoms with Crippen LogP contribution in [0.5, 0.6) is 0 Å². The molecule has 0 aliphatic heterocycles. The Kier molecular flexibility index (Phi) is 6.47. The van der Waals surface area contributed by atoms with Crippen molar-refractivity contribution in [2.24, 2.45) is 5.10 Å². The molecule has 4 aromatic rings. The van der Waals surface area contributed by atoms with E-state index in [1.54, 1.807) is 26.1 Å². The van der Waals surface area contributed by atoms with Crippen molar-refractivity contribution in [2.75, 3.05) is 6.61 Å². The quantitative estimate of drug-likeness (QED) is 0.263. The van der Waals surface area contributed by atoms with Crippen LogP contribution < -0.4 is 5.56 Å². The summed E-state index contributed by atoms with van der Waals surface area (Å²) in [6, 6.07) is 12.7. The molecule has 4 rings (SSSR count). The first-order chi connectivity index (χ1) is 15.8. The average molecular weight is 509 g/mol. The van der Waals surface area contributed by atoms with Gasteiger partial charge in [-0.25, -0.2) is 9.78 Å². The first-order valence-corrected chi connectivity index (χ1v) is 11.6. The summed E-state index contributed by atoms with van der Waals surface area (Å²) in [5.41, 5.74) is 2.08.